The molecule has 3 aliphatic heterocycles. The Bertz CT molecular complexity index is 1670. The molecule has 10 nitrogen and oxygen atoms in total. The molecule has 4 aromatic rings. The minimum Gasteiger partial charge on any atom is -0.449 e. The Morgan fingerprint density at radius 3 is 2.35 bits per heavy atom. The van der Waals surface area contributed by atoms with Crippen molar-refractivity contribution < 1.29 is 37.5 Å². The van der Waals surface area contributed by atoms with E-state index in [0.29, 0.717) is 42.6 Å². The van der Waals surface area contributed by atoms with Crippen LogP contribution in [0.2, 0.25) is 0 Å². The molecule has 2 saturated heterocycles. The number of benzene rings is 3. The Labute approximate surface area is 245 Å². The standard InChI is InChI=1S/C32H28FN3O7/c33-23-12-13-24-27(18-23)43-34-28(24)22-14-16-35(32(19-22)41-29(37)30(38)42-32)15-5-17-40-31(39)36-25-8-3-1-6-20(25)10-11-21-7-2-4-9-26(21)36/h1-4,6-9,12-13,18,22H,5,10-11,14-17,19H2. The number of halogens is 1. The Morgan fingerprint density at radius 1 is 0.977 bits per heavy atom. The number of aromatic nitrogens is 1. The van der Waals surface area contributed by atoms with Gasteiger partial charge in [0, 0.05) is 30.5 Å². The summed E-state index contributed by atoms with van der Waals surface area (Å²) in [5, 5.41) is 4.80. The van der Waals surface area contributed by atoms with Crippen LogP contribution in [0.3, 0.4) is 0 Å². The first kappa shape index (κ1) is 27.1. The van der Waals surface area contributed by atoms with Crippen molar-refractivity contribution in [2.45, 2.75) is 43.9 Å². The molecule has 11 heteroatoms. The normalized spacial score (nSPS) is 19.5. The second kappa shape index (κ2) is 10.8. The third-order valence-corrected chi connectivity index (χ3v) is 8.36. The zero-order valence-electron chi connectivity index (χ0n) is 23.2. The highest BCUT2D eigenvalue weighted by molar-refractivity contribution is 6.31. The first-order chi connectivity index (χ1) is 20.9. The number of nitrogens with zero attached hydrogens (tertiary/aromatic N) is 3. The van der Waals surface area contributed by atoms with Crippen molar-refractivity contribution in [1.82, 2.24) is 10.1 Å². The number of rotatable bonds is 5. The highest BCUT2D eigenvalue weighted by Crippen LogP contribution is 2.43. The van der Waals surface area contributed by atoms with E-state index in [1.165, 1.54) is 12.1 Å². The smallest absolute Gasteiger partial charge is 0.421 e. The molecule has 1 unspecified atom stereocenters. The summed E-state index contributed by atoms with van der Waals surface area (Å²) in [6, 6.07) is 19.8. The van der Waals surface area contributed by atoms with Crippen molar-refractivity contribution in [3.63, 3.8) is 0 Å². The minimum atomic E-state index is -1.62. The van der Waals surface area contributed by atoms with Crippen LogP contribution in [-0.4, -0.2) is 53.7 Å². The number of hydrogen-bond acceptors (Lipinski definition) is 9. The minimum absolute atomic E-state index is 0.0943. The average molecular weight is 586 g/mol. The molecule has 0 N–H and O–H groups in total. The molecule has 0 aliphatic carbocycles. The van der Waals surface area contributed by atoms with Gasteiger partial charge in [0.2, 0.25) is 0 Å². The Balaban J connectivity index is 1.05. The van der Waals surface area contributed by atoms with Gasteiger partial charge < -0.3 is 18.7 Å². The zero-order valence-corrected chi connectivity index (χ0v) is 23.2. The third kappa shape index (κ3) is 4.89. The second-order valence-electron chi connectivity index (χ2n) is 10.9. The van der Waals surface area contributed by atoms with Gasteiger partial charge in [-0.2, -0.15) is 0 Å². The van der Waals surface area contributed by atoms with E-state index in [9.17, 15) is 18.8 Å². The van der Waals surface area contributed by atoms with Crippen LogP contribution in [0, 0.1) is 5.82 Å². The molecule has 0 radical (unpaired) electrons. The molecule has 43 heavy (non-hydrogen) atoms. The van der Waals surface area contributed by atoms with E-state index in [-0.39, 0.29) is 18.9 Å². The summed E-state index contributed by atoms with van der Waals surface area (Å²) in [5.41, 5.74) is 4.62. The van der Waals surface area contributed by atoms with Crippen molar-refractivity contribution in [3.8, 4) is 0 Å². The van der Waals surface area contributed by atoms with E-state index >= 15 is 0 Å². The van der Waals surface area contributed by atoms with Crippen LogP contribution in [0.5, 0.6) is 0 Å². The molecule has 4 heterocycles. The lowest BCUT2D eigenvalue weighted by atomic mass is 9.89. The van der Waals surface area contributed by atoms with Gasteiger partial charge in [-0.3, -0.25) is 0 Å². The third-order valence-electron chi connectivity index (χ3n) is 8.36. The van der Waals surface area contributed by atoms with Gasteiger partial charge in [0.1, 0.15) is 5.82 Å². The maximum Gasteiger partial charge on any atom is 0.421 e. The first-order valence-corrected chi connectivity index (χ1v) is 14.3. The molecule has 0 saturated carbocycles. The molecule has 0 bridgehead atoms. The van der Waals surface area contributed by atoms with Crippen molar-refractivity contribution in [1.29, 1.82) is 0 Å². The number of carbonyl (C=O) groups is 3. The quantitative estimate of drug-likeness (QED) is 0.174. The average Bonchev–Trinajstić information content (AvgIpc) is 3.49. The molecule has 1 spiro atoms. The van der Waals surface area contributed by atoms with Crippen LogP contribution in [-0.2, 0) is 36.6 Å². The summed E-state index contributed by atoms with van der Waals surface area (Å²) in [4.78, 5) is 41.2. The van der Waals surface area contributed by atoms with E-state index in [0.717, 1.165) is 35.3 Å². The summed E-state index contributed by atoms with van der Waals surface area (Å²) in [7, 11) is 0. The van der Waals surface area contributed by atoms with Crippen LogP contribution in [0.15, 0.2) is 71.3 Å². The fraction of sp³-hybridized carbons (Fsp3) is 0.312. The molecule has 1 aromatic heterocycles. The largest absolute Gasteiger partial charge is 0.449 e. The number of para-hydroxylation sites is 2. The van der Waals surface area contributed by atoms with Gasteiger partial charge in [-0.05, 0) is 61.1 Å². The molecule has 3 aromatic carbocycles. The fourth-order valence-electron chi connectivity index (χ4n) is 6.33. The molecular formula is C32H28FN3O7. The Hall–Kier alpha value is -4.77. The lowest BCUT2D eigenvalue weighted by Gasteiger charge is -2.43. The number of ether oxygens (including phenoxy) is 3. The van der Waals surface area contributed by atoms with Gasteiger partial charge in [-0.15, -0.1) is 0 Å². The van der Waals surface area contributed by atoms with Crippen LogP contribution < -0.4 is 4.90 Å². The number of fused-ring (bicyclic) bond motifs is 3. The molecule has 3 aliphatic rings. The summed E-state index contributed by atoms with van der Waals surface area (Å²) < 4.78 is 35.8. The van der Waals surface area contributed by atoms with Gasteiger partial charge in [-0.25, -0.2) is 28.6 Å². The number of likely N-dealkylation sites (tertiary alicyclic amines) is 1. The number of esters is 2. The lowest BCUT2D eigenvalue weighted by Crippen LogP contribution is -2.55. The van der Waals surface area contributed by atoms with Crippen LogP contribution in [0.4, 0.5) is 20.6 Å². The van der Waals surface area contributed by atoms with Crippen molar-refractivity contribution in [3.05, 3.63) is 89.4 Å². The maximum atomic E-state index is 13.7. The highest BCUT2D eigenvalue weighted by atomic mass is 19.1. The van der Waals surface area contributed by atoms with Crippen LogP contribution >= 0.6 is 0 Å². The highest BCUT2D eigenvalue weighted by Gasteiger charge is 2.56. The first-order valence-electron chi connectivity index (χ1n) is 14.3. The van der Waals surface area contributed by atoms with E-state index in [2.05, 4.69) is 5.16 Å². The summed E-state index contributed by atoms with van der Waals surface area (Å²) in [6.45, 7) is 0.831. The van der Waals surface area contributed by atoms with E-state index < -0.39 is 29.8 Å². The number of aryl methyl sites for hydroxylation is 2. The summed E-state index contributed by atoms with van der Waals surface area (Å²) in [6.07, 6.45) is 2.27. The summed E-state index contributed by atoms with van der Waals surface area (Å²) in [5.74, 6) is -4.47. The topological polar surface area (TPSA) is 111 Å². The van der Waals surface area contributed by atoms with Crippen molar-refractivity contribution in [2.75, 3.05) is 24.6 Å². The van der Waals surface area contributed by atoms with Crippen LogP contribution in [0.1, 0.15) is 42.0 Å². The zero-order chi connectivity index (χ0) is 29.6. The van der Waals surface area contributed by atoms with Crippen molar-refractivity contribution >= 4 is 40.4 Å². The van der Waals surface area contributed by atoms with Gasteiger partial charge >= 0.3 is 23.9 Å². The number of hydrogen-bond donors (Lipinski definition) is 0. The van der Waals surface area contributed by atoms with E-state index in [1.54, 1.807) is 15.9 Å². The SMILES string of the molecule is O=C1OC2(CC(c3noc4cc(F)ccc34)CCN2CCCOC(=O)N2c3ccccc3CCc3ccccc32)OC1=O. The number of carbonyl (C=O) groups excluding carboxylic acids is 3. The van der Waals surface area contributed by atoms with E-state index in [1.807, 2.05) is 48.5 Å². The molecule has 220 valence electrons. The molecular weight excluding hydrogens is 557 g/mol. The molecule has 2 fully saturated rings. The monoisotopic (exact) mass is 585 g/mol. The van der Waals surface area contributed by atoms with Crippen molar-refractivity contribution in [2.24, 2.45) is 0 Å². The Kier molecular flexibility index (Phi) is 6.81. The molecule has 1 amide bonds. The number of amides is 1. The van der Waals surface area contributed by atoms with Crippen LogP contribution in [0.25, 0.3) is 11.0 Å². The van der Waals surface area contributed by atoms with Gasteiger partial charge in [0.25, 0.3) is 0 Å². The Morgan fingerprint density at radius 2 is 1.65 bits per heavy atom. The van der Waals surface area contributed by atoms with Gasteiger partial charge in [0.05, 0.1) is 30.1 Å². The lowest BCUT2D eigenvalue weighted by molar-refractivity contribution is -0.267. The van der Waals surface area contributed by atoms with Gasteiger partial charge in [0.15, 0.2) is 5.58 Å². The summed E-state index contributed by atoms with van der Waals surface area (Å²) >= 11 is 0. The maximum absolute atomic E-state index is 13.7. The number of piperidine rings is 1. The predicted octanol–water partition coefficient (Wildman–Crippen LogP) is 5.36. The molecule has 1 atom stereocenters. The fourth-order valence-corrected chi connectivity index (χ4v) is 6.33. The molecule has 7 rings (SSSR count). The van der Waals surface area contributed by atoms with E-state index in [4.69, 9.17) is 18.7 Å². The predicted molar refractivity (Wildman–Crippen MR) is 151 cm³/mol. The number of anilines is 2. The second-order valence-corrected chi connectivity index (χ2v) is 10.9. The van der Waals surface area contributed by atoms with Gasteiger partial charge in [-0.1, -0.05) is 41.6 Å².